The van der Waals surface area contributed by atoms with Gasteiger partial charge in [-0.3, -0.25) is 0 Å². The highest BCUT2D eigenvalue weighted by molar-refractivity contribution is 7.15. The van der Waals surface area contributed by atoms with E-state index in [9.17, 15) is 0 Å². The Bertz CT molecular complexity index is 496. The van der Waals surface area contributed by atoms with Crippen LogP contribution in [0.3, 0.4) is 0 Å². The molecule has 1 aromatic heterocycles. The maximum Gasteiger partial charge on any atom is 0.186 e. The molecule has 1 aromatic rings. The van der Waals surface area contributed by atoms with Gasteiger partial charge in [-0.15, -0.1) is 0 Å². The first-order chi connectivity index (χ1) is 9.35. The molecule has 5 heteroatoms. The number of thiazole rings is 1. The predicted octanol–water partition coefficient (Wildman–Crippen LogP) is 2.26. The van der Waals surface area contributed by atoms with Crippen LogP contribution >= 0.6 is 11.3 Å². The van der Waals surface area contributed by atoms with Crippen molar-refractivity contribution >= 4 is 16.5 Å². The summed E-state index contributed by atoms with van der Waals surface area (Å²) < 4.78 is 0. The molecule has 1 aliphatic heterocycles. The van der Waals surface area contributed by atoms with Gasteiger partial charge >= 0.3 is 0 Å². The molecule has 0 saturated carbocycles. The van der Waals surface area contributed by atoms with Crippen molar-refractivity contribution in [1.29, 1.82) is 0 Å². The van der Waals surface area contributed by atoms with E-state index in [0.717, 1.165) is 32.5 Å². The second-order valence-corrected chi connectivity index (χ2v) is 8.27. The van der Waals surface area contributed by atoms with Gasteiger partial charge in [-0.2, -0.15) is 0 Å². The van der Waals surface area contributed by atoms with Gasteiger partial charge in [0.1, 0.15) is 0 Å². The smallest absolute Gasteiger partial charge is 0.186 e. The Morgan fingerprint density at radius 2 is 2.10 bits per heavy atom. The monoisotopic (exact) mass is 294 g/mol. The zero-order valence-electron chi connectivity index (χ0n) is 13.0. The van der Waals surface area contributed by atoms with Gasteiger partial charge in [0, 0.05) is 36.6 Å². The van der Waals surface area contributed by atoms with Gasteiger partial charge in [-0.25, -0.2) is 4.98 Å². The van der Waals surface area contributed by atoms with Crippen LogP contribution in [-0.2, 0) is 6.42 Å². The molecule has 20 heavy (non-hydrogen) atoms. The van der Waals surface area contributed by atoms with Crippen molar-refractivity contribution < 1.29 is 0 Å². The Hall–Kier alpha value is -0.650. The van der Waals surface area contributed by atoms with Gasteiger partial charge in [0.2, 0.25) is 0 Å². The van der Waals surface area contributed by atoms with E-state index in [-0.39, 0.29) is 11.5 Å². The van der Waals surface area contributed by atoms with E-state index in [1.807, 2.05) is 11.3 Å². The molecule has 2 atom stereocenters. The Balaban J connectivity index is 1.87. The van der Waals surface area contributed by atoms with Crippen LogP contribution < -0.4 is 10.6 Å². The first-order valence-electron chi connectivity index (χ1n) is 7.56. The lowest BCUT2D eigenvalue weighted by molar-refractivity contribution is 0.274. The lowest BCUT2D eigenvalue weighted by Crippen LogP contribution is -2.50. The average Bonchev–Trinajstić information content (AvgIpc) is 2.70. The van der Waals surface area contributed by atoms with E-state index < -0.39 is 0 Å². The van der Waals surface area contributed by atoms with E-state index in [1.54, 1.807) is 0 Å². The minimum atomic E-state index is 0.169. The third-order valence-corrected chi connectivity index (χ3v) is 5.81. The maximum absolute atomic E-state index is 6.37. The fourth-order valence-electron chi connectivity index (χ4n) is 3.53. The number of rotatable bonds is 1. The number of likely N-dealkylation sites (N-methyl/N-ethyl adjacent to an activating group) is 1. The number of piperazine rings is 1. The highest BCUT2D eigenvalue weighted by atomic mass is 32.1. The van der Waals surface area contributed by atoms with Crippen molar-refractivity contribution in [3.05, 3.63) is 10.6 Å². The summed E-state index contributed by atoms with van der Waals surface area (Å²) in [5.74, 6) is 0. The number of hydrogen-bond acceptors (Lipinski definition) is 5. The third kappa shape index (κ3) is 2.59. The van der Waals surface area contributed by atoms with E-state index in [0.29, 0.717) is 6.04 Å². The summed E-state index contributed by atoms with van der Waals surface area (Å²) >= 11 is 1.83. The zero-order valence-corrected chi connectivity index (χ0v) is 13.8. The van der Waals surface area contributed by atoms with Crippen LogP contribution in [0.15, 0.2) is 0 Å². The molecule has 0 bridgehead atoms. The van der Waals surface area contributed by atoms with Gasteiger partial charge < -0.3 is 15.5 Å². The van der Waals surface area contributed by atoms with E-state index >= 15 is 0 Å². The molecular weight excluding hydrogens is 268 g/mol. The molecule has 2 unspecified atom stereocenters. The van der Waals surface area contributed by atoms with E-state index in [1.165, 1.54) is 15.7 Å². The summed E-state index contributed by atoms with van der Waals surface area (Å²) in [5.41, 5.74) is 7.90. The summed E-state index contributed by atoms with van der Waals surface area (Å²) in [7, 11) is 2.19. The van der Waals surface area contributed by atoms with E-state index in [2.05, 4.69) is 37.6 Å². The molecule has 0 radical (unpaired) electrons. The summed E-state index contributed by atoms with van der Waals surface area (Å²) in [6.45, 7) is 10.2. The van der Waals surface area contributed by atoms with Crippen LogP contribution in [0.25, 0.3) is 0 Å². The molecule has 2 N–H and O–H groups in total. The standard InChI is InChI=1S/C15H26N4S/c1-10-9-18(4)5-6-19(10)14-17-12-8-15(2,3)7-11(16)13(12)20-14/h10-11H,5-9,16H2,1-4H3. The Kier molecular flexibility index (Phi) is 3.55. The molecule has 1 aliphatic carbocycles. The largest absolute Gasteiger partial charge is 0.343 e. The first-order valence-corrected chi connectivity index (χ1v) is 8.38. The number of aromatic nitrogens is 1. The highest BCUT2D eigenvalue weighted by Crippen LogP contribution is 2.44. The first kappa shape index (κ1) is 14.3. The van der Waals surface area contributed by atoms with Gasteiger partial charge in [0.25, 0.3) is 0 Å². The zero-order chi connectivity index (χ0) is 14.5. The number of anilines is 1. The number of fused-ring (bicyclic) bond motifs is 1. The van der Waals surface area contributed by atoms with Gasteiger partial charge in [-0.1, -0.05) is 25.2 Å². The third-order valence-electron chi connectivity index (χ3n) is 4.55. The molecule has 3 rings (SSSR count). The quantitative estimate of drug-likeness (QED) is 0.863. The van der Waals surface area contributed by atoms with E-state index in [4.69, 9.17) is 10.7 Å². The summed E-state index contributed by atoms with van der Waals surface area (Å²) in [6.07, 6.45) is 2.13. The average molecular weight is 294 g/mol. The normalized spacial score (nSPS) is 30.4. The fraction of sp³-hybridized carbons (Fsp3) is 0.800. The van der Waals surface area contributed by atoms with Crippen LogP contribution in [-0.4, -0.2) is 42.6 Å². The summed E-state index contributed by atoms with van der Waals surface area (Å²) in [4.78, 5) is 11.1. The van der Waals surface area contributed by atoms with Crippen molar-refractivity contribution in [3.8, 4) is 0 Å². The molecule has 1 saturated heterocycles. The van der Waals surface area contributed by atoms with Crippen molar-refractivity contribution in [2.24, 2.45) is 11.1 Å². The second-order valence-electron chi connectivity index (χ2n) is 7.26. The lowest BCUT2D eigenvalue weighted by atomic mass is 9.77. The van der Waals surface area contributed by atoms with Gasteiger partial charge in [0.15, 0.2) is 5.13 Å². The van der Waals surface area contributed by atoms with Crippen LogP contribution in [0.1, 0.15) is 43.8 Å². The fourth-order valence-corrected chi connectivity index (χ4v) is 4.74. The van der Waals surface area contributed by atoms with Crippen LogP contribution in [0.4, 0.5) is 5.13 Å². The van der Waals surface area contributed by atoms with Crippen molar-refractivity contribution in [3.63, 3.8) is 0 Å². The molecule has 2 aliphatic rings. The van der Waals surface area contributed by atoms with Crippen LogP contribution in [0, 0.1) is 5.41 Å². The molecule has 2 heterocycles. The summed E-state index contributed by atoms with van der Waals surface area (Å²) in [6, 6.07) is 0.702. The second kappa shape index (κ2) is 4.97. The van der Waals surface area contributed by atoms with Crippen molar-refractivity contribution in [1.82, 2.24) is 9.88 Å². The van der Waals surface area contributed by atoms with Gasteiger partial charge in [0.05, 0.1) is 5.69 Å². The van der Waals surface area contributed by atoms with Crippen LogP contribution in [0.5, 0.6) is 0 Å². The maximum atomic E-state index is 6.37. The molecular formula is C15H26N4S. The van der Waals surface area contributed by atoms with Gasteiger partial charge in [-0.05, 0) is 32.2 Å². The minimum Gasteiger partial charge on any atom is -0.343 e. The number of nitrogens with two attached hydrogens (primary N) is 1. The minimum absolute atomic E-state index is 0.169. The molecule has 4 nitrogen and oxygen atoms in total. The number of nitrogens with zero attached hydrogens (tertiary/aromatic N) is 3. The Morgan fingerprint density at radius 1 is 1.35 bits per heavy atom. The lowest BCUT2D eigenvalue weighted by Gasteiger charge is -2.38. The number of hydrogen-bond donors (Lipinski definition) is 1. The highest BCUT2D eigenvalue weighted by Gasteiger charge is 2.34. The molecule has 0 aromatic carbocycles. The molecule has 1 fully saturated rings. The molecule has 112 valence electrons. The Labute approximate surface area is 126 Å². The van der Waals surface area contributed by atoms with Crippen molar-refractivity contribution in [2.75, 3.05) is 31.6 Å². The predicted molar refractivity (Wildman–Crippen MR) is 85.4 cm³/mol. The van der Waals surface area contributed by atoms with Crippen molar-refractivity contribution in [2.45, 2.75) is 45.7 Å². The molecule has 0 spiro atoms. The SMILES string of the molecule is CC1CN(C)CCN1c1nc2c(s1)C(N)CC(C)(C)C2. The van der Waals surface area contributed by atoms with Crippen LogP contribution in [0.2, 0.25) is 0 Å². The topological polar surface area (TPSA) is 45.4 Å². The summed E-state index contributed by atoms with van der Waals surface area (Å²) in [5, 5.41) is 1.18. The molecule has 0 amide bonds. The Morgan fingerprint density at radius 3 is 2.80 bits per heavy atom.